The molecule has 0 saturated heterocycles. The Morgan fingerprint density at radius 1 is 0.622 bits per heavy atom. The maximum Gasteiger partial charge on any atom is 0.224 e. The van der Waals surface area contributed by atoms with Crippen LogP contribution < -0.4 is 0 Å². The van der Waals surface area contributed by atoms with Crippen molar-refractivity contribution in [2.45, 2.75) is 149 Å². The topological polar surface area (TPSA) is 74.6 Å². The lowest BCUT2D eigenvalue weighted by molar-refractivity contribution is -0.186. The number of ketones is 2. The first-order valence-corrected chi connectivity index (χ1v) is 17.8. The van der Waals surface area contributed by atoms with E-state index in [1.54, 1.807) is 12.2 Å². The van der Waals surface area contributed by atoms with Crippen LogP contribution in [-0.2, 0) is 9.59 Å². The Bertz CT molecular complexity index is 983. The van der Waals surface area contributed by atoms with E-state index in [0.29, 0.717) is 6.42 Å². The van der Waals surface area contributed by atoms with Gasteiger partial charge < -0.3 is 10.2 Å². The molecule has 0 aliphatic carbocycles. The average Bonchev–Trinajstić information content (AvgIpc) is 3.04. The molecule has 0 spiro atoms. The molecule has 0 aliphatic heterocycles. The van der Waals surface area contributed by atoms with Gasteiger partial charge >= 0.3 is 0 Å². The van der Waals surface area contributed by atoms with Crippen LogP contribution in [0.15, 0.2) is 90.8 Å². The van der Waals surface area contributed by atoms with Crippen molar-refractivity contribution >= 4 is 11.6 Å². The van der Waals surface area contributed by atoms with Crippen molar-refractivity contribution in [3.63, 3.8) is 0 Å². The zero-order valence-corrected chi connectivity index (χ0v) is 28.8. The lowest BCUT2D eigenvalue weighted by Gasteiger charge is -2.21. The number of Topliss-reactive ketones (excluding diaryl/α,β-unsaturated/α-hetero) is 2. The van der Waals surface area contributed by atoms with Gasteiger partial charge in [0, 0.05) is 12.8 Å². The first-order chi connectivity index (χ1) is 21.9. The Labute approximate surface area is 276 Å². The van der Waals surface area contributed by atoms with E-state index >= 15 is 0 Å². The summed E-state index contributed by atoms with van der Waals surface area (Å²) in [5.74, 6) is -4.91. The van der Waals surface area contributed by atoms with Crippen molar-refractivity contribution in [1.29, 1.82) is 0 Å². The van der Waals surface area contributed by atoms with E-state index < -0.39 is 17.5 Å². The van der Waals surface area contributed by atoms with Crippen LogP contribution >= 0.6 is 0 Å². The second-order valence-electron chi connectivity index (χ2n) is 11.7. The Morgan fingerprint density at radius 3 is 1.80 bits per heavy atom. The van der Waals surface area contributed by atoms with Gasteiger partial charge in [-0.25, -0.2) is 0 Å². The number of allylic oxidation sites excluding steroid dienone is 13. The van der Waals surface area contributed by atoms with Crippen molar-refractivity contribution in [2.24, 2.45) is 5.92 Å². The van der Waals surface area contributed by atoms with Crippen molar-refractivity contribution in [3.05, 3.63) is 90.8 Å². The molecule has 1 atom stereocenters. The van der Waals surface area contributed by atoms with E-state index in [9.17, 15) is 19.8 Å². The van der Waals surface area contributed by atoms with Gasteiger partial charge in [0.2, 0.25) is 11.6 Å². The third-order valence-corrected chi connectivity index (χ3v) is 7.60. The van der Waals surface area contributed by atoms with Crippen molar-refractivity contribution in [1.82, 2.24) is 0 Å². The van der Waals surface area contributed by atoms with Crippen molar-refractivity contribution in [2.75, 3.05) is 0 Å². The van der Waals surface area contributed by atoms with Crippen LogP contribution in [0.25, 0.3) is 0 Å². The molecule has 0 saturated carbocycles. The first-order valence-electron chi connectivity index (χ1n) is 17.8. The maximum absolute atomic E-state index is 12.9. The Hall–Kier alpha value is -2.78. The second kappa shape index (κ2) is 31.2. The predicted octanol–water partition coefficient (Wildman–Crippen LogP) is 10.9. The summed E-state index contributed by atoms with van der Waals surface area (Å²) >= 11 is 0. The van der Waals surface area contributed by atoms with Crippen LogP contribution in [0.3, 0.4) is 0 Å². The number of hydrogen-bond donors (Lipinski definition) is 2. The van der Waals surface area contributed by atoms with E-state index in [-0.39, 0.29) is 18.6 Å². The van der Waals surface area contributed by atoms with E-state index in [0.717, 1.165) is 57.8 Å². The number of carbonyl (C=O) groups excluding carboxylic acids is 2. The minimum Gasteiger partial charge on any atom is -0.360 e. The molecule has 0 heterocycles. The second-order valence-corrected chi connectivity index (χ2v) is 11.7. The SMILES string of the molecule is CC/C=C\C/C=C\C/C=C\CCCCCCCC(=O)C(C=C=C/C=C/C=C/C=C/CCCCCCCCC)C(=O)C(O)(O)CC. The minimum atomic E-state index is -2.52. The average molecular weight is 621 g/mol. The van der Waals surface area contributed by atoms with Crippen molar-refractivity contribution < 1.29 is 19.8 Å². The molecule has 252 valence electrons. The summed E-state index contributed by atoms with van der Waals surface area (Å²) < 4.78 is 0. The highest BCUT2D eigenvalue weighted by Gasteiger charge is 2.38. The molecular formula is C41H64O4. The summed E-state index contributed by atoms with van der Waals surface area (Å²) in [7, 11) is 0. The zero-order chi connectivity index (χ0) is 33.3. The number of carbonyl (C=O) groups is 2. The fourth-order valence-electron chi connectivity index (χ4n) is 4.66. The van der Waals surface area contributed by atoms with Gasteiger partial charge in [-0.2, -0.15) is 0 Å². The summed E-state index contributed by atoms with van der Waals surface area (Å²) in [6, 6.07) is 0. The number of aliphatic hydroxyl groups is 2. The monoisotopic (exact) mass is 620 g/mol. The highest BCUT2D eigenvalue weighted by atomic mass is 16.5. The number of hydrogen-bond acceptors (Lipinski definition) is 4. The fourth-order valence-corrected chi connectivity index (χ4v) is 4.66. The lowest BCUT2D eigenvalue weighted by Crippen LogP contribution is -2.43. The van der Waals surface area contributed by atoms with Crippen LogP contribution in [0.4, 0.5) is 0 Å². The molecular weight excluding hydrogens is 556 g/mol. The van der Waals surface area contributed by atoms with Crippen molar-refractivity contribution in [3.8, 4) is 0 Å². The van der Waals surface area contributed by atoms with Gasteiger partial charge in [-0.3, -0.25) is 9.59 Å². The molecule has 0 fully saturated rings. The lowest BCUT2D eigenvalue weighted by atomic mass is 9.89. The molecule has 0 radical (unpaired) electrons. The standard InChI is InChI=1S/C41H64O4/c1-4-7-9-11-13-15-17-19-21-23-24-26-28-30-32-34-36-38(40(43)41(44,45)6-3)39(42)37-35-33-31-29-27-25-22-20-18-16-14-12-10-8-5-2/h8,10,14,16,20-24,26,28,30,32,36,38,44-45H,4-7,9,11-13,15,17-19,25,27,29,31,33,35,37H2,1-3H3/b10-8-,16-14-,22-20-,23-21+,26-24+,30-28+. The molecule has 0 bridgehead atoms. The molecule has 0 rings (SSSR count). The number of rotatable bonds is 29. The molecule has 0 aromatic rings. The van der Waals surface area contributed by atoms with Gasteiger partial charge in [-0.05, 0) is 63.5 Å². The van der Waals surface area contributed by atoms with E-state index in [1.165, 1.54) is 57.9 Å². The zero-order valence-electron chi connectivity index (χ0n) is 28.8. The number of unbranched alkanes of at least 4 members (excludes halogenated alkanes) is 12. The van der Waals surface area contributed by atoms with Gasteiger partial charge in [0.15, 0.2) is 0 Å². The quantitative estimate of drug-likeness (QED) is 0.0218. The molecule has 0 aliphatic rings. The van der Waals surface area contributed by atoms with Gasteiger partial charge in [-0.15, -0.1) is 5.73 Å². The van der Waals surface area contributed by atoms with Gasteiger partial charge in [0.1, 0.15) is 11.7 Å². The smallest absolute Gasteiger partial charge is 0.224 e. The van der Waals surface area contributed by atoms with Gasteiger partial charge in [-0.1, -0.05) is 151 Å². The molecule has 2 N–H and O–H groups in total. The van der Waals surface area contributed by atoms with Crippen LogP contribution in [-0.4, -0.2) is 27.6 Å². The fraction of sp³-hybridized carbons (Fsp3) is 0.585. The first kappa shape index (κ1) is 42.2. The van der Waals surface area contributed by atoms with E-state index in [2.05, 4.69) is 62.1 Å². The van der Waals surface area contributed by atoms with E-state index in [1.807, 2.05) is 24.3 Å². The highest BCUT2D eigenvalue weighted by Crippen LogP contribution is 2.19. The third kappa shape index (κ3) is 26.2. The Kier molecular flexibility index (Phi) is 29.3. The largest absolute Gasteiger partial charge is 0.360 e. The van der Waals surface area contributed by atoms with Crippen LogP contribution in [0.1, 0.15) is 143 Å². The minimum absolute atomic E-state index is 0.175. The molecule has 0 aromatic heterocycles. The molecule has 4 nitrogen and oxygen atoms in total. The summed E-state index contributed by atoms with van der Waals surface area (Å²) in [4.78, 5) is 25.6. The molecule has 45 heavy (non-hydrogen) atoms. The third-order valence-electron chi connectivity index (χ3n) is 7.60. The van der Waals surface area contributed by atoms with Crippen LogP contribution in [0.5, 0.6) is 0 Å². The summed E-state index contributed by atoms with van der Waals surface area (Å²) in [6.07, 6.45) is 47.2. The summed E-state index contributed by atoms with van der Waals surface area (Å²) in [5.41, 5.74) is 2.87. The molecule has 0 aromatic carbocycles. The summed E-state index contributed by atoms with van der Waals surface area (Å²) in [6.45, 7) is 5.89. The van der Waals surface area contributed by atoms with Crippen LogP contribution in [0, 0.1) is 5.92 Å². The summed E-state index contributed by atoms with van der Waals surface area (Å²) in [5, 5.41) is 20.2. The molecule has 0 amide bonds. The normalized spacial score (nSPS) is 13.3. The Morgan fingerprint density at radius 2 is 1.16 bits per heavy atom. The van der Waals surface area contributed by atoms with Gasteiger partial charge in [0.05, 0.1) is 0 Å². The molecule has 1 unspecified atom stereocenters. The van der Waals surface area contributed by atoms with Gasteiger partial charge in [0.25, 0.3) is 0 Å². The van der Waals surface area contributed by atoms with Crippen LogP contribution in [0.2, 0.25) is 0 Å². The predicted molar refractivity (Wildman–Crippen MR) is 193 cm³/mol. The maximum atomic E-state index is 12.9. The highest BCUT2D eigenvalue weighted by molar-refractivity contribution is 6.06. The molecule has 4 heteroatoms. The Balaban J connectivity index is 4.49. The van der Waals surface area contributed by atoms with E-state index in [4.69, 9.17) is 0 Å².